The van der Waals surface area contributed by atoms with Crippen molar-refractivity contribution in [2.24, 2.45) is 17.6 Å². The number of hydrogen-bond acceptors (Lipinski definition) is 6. The molecule has 21 heavy (non-hydrogen) atoms. The average molecular weight is 331 g/mol. The molecule has 2 rings (SSSR count). The number of carbonyl (C=O) groups excluding carboxylic acids is 1. The molecule has 118 valence electrons. The molecule has 8 heteroatoms. The Labute approximate surface area is 128 Å². The number of primary amides is 1. The number of anilines is 2. The van der Waals surface area contributed by atoms with E-state index < -0.39 is 15.7 Å². The van der Waals surface area contributed by atoms with Gasteiger partial charge in [0.1, 0.15) is 14.8 Å². The zero-order valence-electron chi connectivity index (χ0n) is 12.2. The molecule has 5 N–H and O–H groups in total. The quantitative estimate of drug-likeness (QED) is 0.759. The number of nitrogen functional groups attached to an aromatic ring is 1. The van der Waals surface area contributed by atoms with E-state index >= 15 is 0 Å². The van der Waals surface area contributed by atoms with E-state index in [1.165, 1.54) is 6.42 Å². The lowest BCUT2D eigenvalue weighted by molar-refractivity contribution is 0.100. The molecule has 1 fully saturated rings. The number of carbonyl (C=O) groups is 1. The summed E-state index contributed by atoms with van der Waals surface area (Å²) in [6.45, 7) is 2.90. The van der Waals surface area contributed by atoms with E-state index in [-0.39, 0.29) is 15.5 Å². The summed E-state index contributed by atoms with van der Waals surface area (Å²) < 4.78 is 23.8. The van der Waals surface area contributed by atoms with Crippen LogP contribution in [0.4, 0.5) is 10.7 Å². The van der Waals surface area contributed by atoms with Crippen LogP contribution in [-0.2, 0) is 9.84 Å². The van der Waals surface area contributed by atoms with E-state index in [1.807, 2.05) is 0 Å². The van der Waals surface area contributed by atoms with Crippen LogP contribution in [0.1, 0.15) is 35.9 Å². The van der Waals surface area contributed by atoms with Crippen LogP contribution >= 0.6 is 11.3 Å². The normalized spacial score (nSPS) is 22.4. The van der Waals surface area contributed by atoms with Crippen LogP contribution in [0.25, 0.3) is 0 Å². The summed E-state index contributed by atoms with van der Waals surface area (Å²) in [5.74, 6) is 0.526. The van der Waals surface area contributed by atoms with Gasteiger partial charge in [-0.05, 0) is 24.7 Å². The Morgan fingerprint density at radius 1 is 1.43 bits per heavy atom. The molecular weight excluding hydrogens is 310 g/mol. The molecule has 1 aromatic rings. The summed E-state index contributed by atoms with van der Waals surface area (Å²) in [6.07, 6.45) is 4.54. The number of nitrogens with two attached hydrogens (primary N) is 2. The molecule has 0 spiro atoms. The topological polar surface area (TPSA) is 115 Å². The minimum absolute atomic E-state index is 0.00709. The number of nitrogens with one attached hydrogen (secondary N) is 1. The average Bonchev–Trinajstić information content (AvgIpc) is 2.89. The van der Waals surface area contributed by atoms with Crippen LogP contribution in [0, 0.1) is 11.8 Å². The van der Waals surface area contributed by atoms with Gasteiger partial charge in [-0.3, -0.25) is 4.79 Å². The summed E-state index contributed by atoms with van der Waals surface area (Å²) in [7, 11) is -3.52. The standard InChI is InChI=1S/C13H21N3O3S2/c1-7-3-4-8(5-7)6-16-13-11(21(2,18)19)9(14)10(20-13)12(15)17/h7-8,16H,3-6,14H2,1-2H3,(H2,15,17). The highest BCUT2D eigenvalue weighted by molar-refractivity contribution is 7.91. The SMILES string of the molecule is CC1CCC(CNc2sc(C(N)=O)c(N)c2S(C)(=O)=O)C1. The van der Waals surface area contributed by atoms with Crippen molar-refractivity contribution in [1.82, 2.24) is 0 Å². The third kappa shape index (κ3) is 3.49. The lowest BCUT2D eigenvalue weighted by Crippen LogP contribution is -2.13. The molecule has 2 unspecified atom stereocenters. The van der Waals surface area contributed by atoms with E-state index in [4.69, 9.17) is 11.5 Å². The molecule has 0 radical (unpaired) electrons. The lowest BCUT2D eigenvalue weighted by atomic mass is 10.1. The predicted octanol–water partition coefficient (Wildman–Crippen LogP) is 1.68. The van der Waals surface area contributed by atoms with Gasteiger partial charge >= 0.3 is 0 Å². The second-order valence-corrected chi connectivity index (χ2v) is 8.78. The van der Waals surface area contributed by atoms with Crippen molar-refractivity contribution in [2.75, 3.05) is 23.9 Å². The number of amides is 1. The Kier molecular flexibility index (Phi) is 4.48. The Morgan fingerprint density at radius 3 is 2.57 bits per heavy atom. The van der Waals surface area contributed by atoms with Gasteiger partial charge in [0.25, 0.3) is 5.91 Å². The van der Waals surface area contributed by atoms with Gasteiger partial charge in [0.15, 0.2) is 9.84 Å². The molecule has 1 aromatic heterocycles. The van der Waals surface area contributed by atoms with Crippen molar-refractivity contribution in [3.63, 3.8) is 0 Å². The largest absolute Gasteiger partial charge is 0.396 e. The van der Waals surface area contributed by atoms with Crippen LogP contribution in [0.5, 0.6) is 0 Å². The maximum Gasteiger partial charge on any atom is 0.261 e. The number of thiophene rings is 1. The monoisotopic (exact) mass is 331 g/mol. The fourth-order valence-electron chi connectivity index (χ4n) is 2.84. The Bertz CT molecular complexity index is 652. The van der Waals surface area contributed by atoms with Gasteiger partial charge in [-0.2, -0.15) is 0 Å². The summed E-state index contributed by atoms with van der Waals surface area (Å²) in [4.78, 5) is 11.4. The van der Waals surface area contributed by atoms with E-state index in [0.29, 0.717) is 23.4 Å². The minimum Gasteiger partial charge on any atom is -0.396 e. The van der Waals surface area contributed by atoms with Crippen molar-refractivity contribution < 1.29 is 13.2 Å². The summed E-state index contributed by atoms with van der Waals surface area (Å²) in [5, 5.41) is 3.57. The molecular formula is C13H21N3O3S2. The molecule has 1 aliphatic carbocycles. The highest BCUT2D eigenvalue weighted by Gasteiger charge is 2.27. The molecule has 2 atom stereocenters. The van der Waals surface area contributed by atoms with Crippen molar-refractivity contribution in [1.29, 1.82) is 0 Å². The van der Waals surface area contributed by atoms with Crippen LogP contribution in [-0.4, -0.2) is 27.1 Å². The molecule has 1 heterocycles. The lowest BCUT2D eigenvalue weighted by Gasteiger charge is -2.12. The van der Waals surface area contributed by atoms with Crippen molar-refractivity contribution in [2.45, 2.75) is 31.1 Å². The van der Waals surface area contributed by atoms with E-state index in [0.717, 1.165) is 30.4 Å². The Morgan fingerprint density at radius 2 is 2.10 bits per heavy atom. The van der Waals surface area contributed by atoms with Gasteiger partial charge in [-0.15, -0.1) is 11.3 Å². The highest BCUT2D eigenvalue weighted by Crippen LogP contribution is 2.39. The number of rotatable bonds is 5. The second kappa shape index (κ2) is 5.84. The Hall–Kier alpha value is -1.28. The first kappa shape index (κ1) is 16.1. The molecule has 6 nitrogen and oxygen atoms in total. The second-order valence-electron chi connectivity index (χ2n) is 5.80. The molecule has 0 saturated heterocycles. The van der Waals surface area contributed by atoms with Gasteiger partial charge in [-0.25, -0.2) is 8.42 Å². The maximum atomic E-state index is 11.9. The van der Waals surface area contributed by atoms with Gasteiger partial charge in [-0.1, -0.05) is 13.3 Å². The third-order valence-electron chi connectivity index (χ3n) is 3.85. The molecule has 0 aromatic carbocycles. The van der Waals surface area contributed by atoms with Gasteiger partial charge in [0.05, 0.1) is 5.69 Å². The molecule has 1 aliphatic rings. The van der Waals surface area contributed by atoms with Crippen molar-refractivity contribution in [3.05, 3.63) is 4.88 Å². The van der Waals surface area contributed by atoms with Gasteiger partial charge in [0, 0.05) is 12.8 Å². The zero-order chi connectivity index (χ0) is 15.8. The minimum atomic E-state index is -3.52. The number of hydrogen-bond donors (Lipinski definition) is 3. The first-order valence-electron chi connectivity index (χ1n) is 6.86. The summed E-state index contributed by atoms with van der Waals surface area (Å²) in [5.41, 5.74) is 11.0. The van der Waals surface area contributed by atoms with Crippen LogP contribution < -0.4 is 16.8 Å². The predicted molar refractivity (Wildman–Crippen MR) is 85.4 cm³/mol. The fourth-order valence-corrected chi connectivity index (χ4v) is 5.27. The van der Waals surface area contributed by atoms with Crippen LogP contribution in [0.2, 0.25) is 0 Å². The van der Waals surface area contributed by atoms with E-state index in [1.54, 1.807) is 0 Å². The van der Waals surface area contributed by atoms with Crippen molar-refractivity contribution in [3.8, 4) is 0 Å². The third-order valence-corrected chi connectivity index (χ3v) is 6.32. The summed E-state index contributed by atoms with van der Waals surface area (Å²) >= 11 is 1.02. The van der Waals surface area contributed by atoms with Crippen molar-refractivity contribution >= 4 is 37.8 Å². The van der Waals surface area contributed by atoms with Crippen LogP contribution in [0.15, 0.2) is 4.90 Å². The summed E-state index contributed by atoms with van der Waals surface area (Å²) in [6, 6.07) is 0. The molecule has 1 amide bonds. The van der Waals surface area contributed by atoms with Crippen LogP contribution in [0.3, 0.4) is 0 Å². The maximum absolute atomic E-state index is 11.9. The van der Waals surface area contributed by atoms with Gasteiger partial charge < -0.3 is 16.8 Å². The van der Waals surface area contributed by atoms with E-state index in [9.17, 15) is 13.2 Å². The zero-order valence-corrected chi connectivity index (χ0v) is 13.8. The smallest absolute Gasteiger partial charge is 0.261 e. The Balaban J connectivity index is 2.26. The number of sulfone groups is 1. The molecule has 1 saturated carbocycles. The van der Waals surface area contributed by atoms with E-state index in [2.05, 4.69) is 12.2 Å². The first-order chi connectivity index (χ1) is 9.70. The fraction of sp³-hybridized carbons (Fsp3) is 0.615. The van der Waals surface area contributed by atoms with Gasteiger partial charge in [0.2, 0.25) is 0 Å². The molecule has 0 bridgehead atoms. The first-order valence-corrected chi connectivity index (χ1v) is 9.57. The molecule has 0 aliphatic heterocycles. The highest BCUT2D eigenvalue weighted by atomic mass is 32.2.